The Balaban J connectivity index is 2.02. The normalized spacial score (nSPS) is 23.4. The maximum Gasteiger partial charge on any atom is 0.337 e. The summed E-state index contributed by atoms with van der Waals surface area (Å²) in [6.45, 7) is 4.02. The molecule has 4 N–H and O–H groups in total. The SMILES string of the molecule is CN[C@@H](CC(C)C)C(=O)N1C[C@]2(C[C@H]1C(N)=O)C(=O)Nc1ccc(C(=O)OC)cc12. The molecule has 2 aliphatic heterocycles. The summed E-state index contributed by atoms with van der Waals surface area (Å²) in [7, 11) is 2.97. The molecule has 1 saturated heterocycles. The second-order valence-corrected chi connectivity index (χ2v) is 8.35. The fourth-order valence-electron chi connectivity index (χ4n) is 4.42. The number of nitrogens with zero attached hydrogens (tertiary/aromatic N) is 1. The molecule has 3 atom stereocenters. The molecule has 9 heteroatoms. The van der Waals surface area contributed by atoms with Crippen molar-refractivity contribution in [1.82, 2.24) is 10.2 Å². The minimum Gasteiger partial charge on any atom is -0.465 e. The molecule has 0 bridgehead atoms. The number of nitrogens with two attached hydrogens (primary N) is 1. The molecule has 2 aliphatic rings. The van der Waals surface area contributed by atoms with E-state index in [-0.39, 0.29) is 30.7 Å². The number of carbonyl (C=O) groups is 4. The predicted molar refractivity (Wildman–Crippen MR) is 110 cm³/mol. The molecule has 1 spiro atoms. The monoisotopic (exact) mass is 416 g/mol. The highest BCUT2D eigenvalue weighted by Crippen LogP contribution is 2.47. The zero-order valence-electron chi connectivity index (χ0n) is 17.7. The maximum absolute atomic E-state index is 13.3. The number of benzene rings is 1. The number of amides is 3. The Kier molecular flexibility index (Phi) is 5.85. The smallest absolute Gasteiger partial charge is 0.337 e. The second kappa shape index (κ2) is 8.06. The zero-order chi connectivity index (χ0) is 22.2. The van der Waals surface area contributed by atoms with Gasteiger partial charge in [0.2, 0.25) is 17.7 Å². The number of likely N-dealkylation sites (N-methyl/N-ethyl adjacent to an activating group) is 1. The number of anilines is 1. The van der Waals surface area contributed by atoms with E-state index in [0.717, 1.165) is 0 Å². The number of fused-ring (bicyclic) bond motifs is 2. The molecule has 0 radical (unpaired) electrons. The van der Waals surface area contributed by atoms with Crippen molar-refractivity contribution in [1.29, 1.82) is 0 Å². The van der Waals surface area contributed by atoms with Crippen molar-refractivity contribution in [2.45, 2.75) is 44.2 Å². The molecule has 2 heterocycles. The molecule has 9 nitrogen and oxygen atoms in total. The van der Waals surface area contributed by atoms with Crippen LogP contribution < -0.4 is 16.4 Å². The molecule has 3 rings (SSSR count). The predicted octanol–water partition coefficient (Wildman–Crippen LogP) is 0.383. The van der Waals surface area contributed by atoms with Crippen LogP contribution in [-0.4, -0.2) is 61.4 Å². The van der Waals surface area contributed by atoms with Gasteiger partial charge in [-0.05, 0) is 49.6 Å². The van der Waals surface area contributed by atoms with Crippen LogP contribution in [0.5, 0.6) is 0 Å². The van der Waals surface area contributed by atoms with Crippen molar-refractivity contribution in [2.75, 3.05) is 26.0 Å². The number of ether oxygens (including phenoxy) is 1. The number of nitrogens with one attached hydrogen (secondary N) is 2. The van der Waals surface area contributed by atoms with Crippen molar-refractivity contribution in [3.8, 4) is 0 Å². The third-order valence-corrected chi connectivity index (χ3v) is 5.96. The zero-order valence-corrected chi connectivity index (χ0v) is 17.7. The van der Waals surface area contributed by atoms with E-state index in [1.807, 2.05) is 13.8 Å². The minimum absolute atomic E-state index is 0.0131. The first-order chi connectivity index (χ1) is 14.1. The lowest BCUT2D eigenvalue weighted by Crippen LogP contribution is -2.51. The summed E-state index contributed by atoms with van der Waals surface area (Å²) in [5.41, 5.74) is 5.89. The second-order valence-electron chi connectivity index (χ2n) is 8.35. The van der Waals surface area contributed by atoms with E-state index < -0.39 is 29.4 Å². The van der Waals surface area contributed by atoms with Crippen LogP contribution in [0.1, 0.15) is 42.6 Å². The summed E-state index contributed by atoms with van der Waals surface area (Å²) in [6, 6.07) is 3.38. The Bertz CT molecular complexity index is 899. The number of rotatable bonds is 6. The standard InChI is InChI=1S/C21H28N4O5/c1-11(2)7-15(23-3)18(27)25-10-21(9-16(25)17(22)26)13-8-12(19(28)30-4)5-6-14(13)24-20(21)29/h5-6,8,11,15-16,23H,7,9-10H2,1-4H3,(H2,22,26)(H,24,29)/t15-,16-,21-/m0/s1. The van der Waals surface area contributed by atoms with Crippen LogP contribution in [0.25, 0.3) is 0 Å². The molecule has 1 aromatic rings. The number of hydrogen-bond acceptors (Lipinski definition) is 6. The molecule has 0 aromatic heterocycles. The summed E-state index contributed by atoms with van der Waals surface area (Å²) in [4.78, 5) is 51.9. The molecule has 1 fully saturated rings. The average Bonchev–Trinajstić information content (AvgIpc) is 3.24. The first kappa shape index (κ1) is 21.8. The van der Waals surface area contributed by atoms with E-state index in [1.54, 1.807) is 25.2 Å². The van der Waals surface area contributed by atoms with Gasteiger partial charge >= 0.3 is 5.97 Å². The summed E-state index contributed by atoms with van der Waals surface area (Å²) in [5, 5.41) is 5.82. The quantitative estimate of drug-likeness (QED) is 0.575. The topological polar surface area (TPSA) is 131 Å². The van der Waals surface area contributed by atoms with E-state index in [2.05, 4.69) is 10.6 Å². The lowest BCUT2D eigenvalue weighted by atomic mass is 9.79. The van der Waals surface area contributed by atoms with Crippen molar-refractivity contribution in [3.63, 3.8) is 0 Å². The number of likely N-dealkylation sites (tertiary alicyclic amines) is 1. The van der Waals surface area contributed by atoms with Crippen molar-refractivity contribution < 1.29 is 23.9 Å². The van der Waals surface area contributed by atoms with Crippen LogP contribution in [0.3, 0.4) is 0 Å². The molecule has 3 amide bonds. The average molecular weight is 416 g/mol. The molecule has 1 aromatic carbocycles. The van der Waals surface area contributed by atoms with E-state index in [1.165, 1.54) is 12.0 Å². The fraction of sp³-hybridized carbons (Fsp3) is 0.524. The van der Waals surface area contributed by atoms with Gasteiger partial charge in [0.25, 0.3) is 0 Å². The van der Waals surface area contributed by atoms with Gasteiger partial charge in [-0.1, -0.05) is 13.8 Å². The highest BCUT2D eigenvalue weighted by molar-refractivity contribution is 6.09. The lowest BCUT2D eigenvalue weighted by Gasteiger charge is -2.28. The van der Waals surface area contributed by atoms with Gasteiger partial charge < -0.3 is 26.0 Å². The molecular weight excluding hydrogens is 388 g/mol. The van der Waals surface area contributed by atoms with E-state index in [0.29, 0.717) is 23.2 Å². The summed E-state index contributed by atoms with van der Waals surface area (Å²) in [5.74, 6) is -1.52. The summed E-state index contributed by atoms with van der Waals surface area (Å²) >= 11 is 0. The molecule has 0 unspecified atom stereocenters. The molecule has 162 valence electrons. The van der Waals surface area contributed by atoms with Gasteiger partial charge in [0.15, 0.2) is 0 Å². The van der Waals surface area contributed by atoms with Crippen LogP contribution >= 0.6 is 0 Å². The van der Waals surface area contributed by atoms with Gasteiger partial charge in [0, 0.05) is 12.2 Å². The van der Waals surface area contributed by atoms with Gasteiger partial charge in [0.05, 0.1) is 24.1 Å². The Morgan fingerprint density at radius 3 is 2.63 bits per heavy atom. The number of methoxy groups -OCH3 is 1. The van der Waals surface area contributed by atoms with Gasteiger partial charge in [-0.3, -0.25) is 14.4 Å². The van der Waals surface area contributed by atoms with Gasteiger partial charge in [0.1, 0.15) is 6.04 Å². The molecule has 30 heavy (non-hydrogen) atoms. The van der Waals surface area contributed by atoms with Crippen molar-refractivity contribution in [2.24, 2.45) is 11.7 Å². The van der Waals surface area contributed by atoms with E-state index in [9.17, 15) is 19.2 Å². The van der Waals surface area contributed by atoms with Gasteiger partial charge in [-0.15, -0.1) is 0 Å². The Hall–Kier alpha value is -2.94. The number of hydrogen-bond donors (Lipinski definition) is 3. The number of carbonyl (C=O) groups excluding carboxylic acids is 4. The highest BCUT2D eigenvalue weighted by atomic mass is 16.5. The lowest BCUT2D eigenvalue weighted by molar-refractivity contribution is -0.139. The third-order valence-electron chi connectivity index (χ3n) is 5.96. The van der Waals surface area contributed by atoms with Crippen LogP contribution in [-0.2, 0) is 24.5 Å². The number of primary amides is 1. The van der Waals surface area contributed by atoms with Crippen LogP contribution in [0.2, 0.25) is 0 Å². The van der Waals surface area contributed by atoms with E-state index >= 15 is 0 Å². The third kappa shape index (κ3) is 3.54. The summed E-state index contributed by atoms with van der Waals surface area (Å²) in [6.07, 6.45) is 0.648. The maximum atomic E-state index is 13.3. The largest absolute Gasteiger partial charge is 0.465 e. The number of esters is 1. The van der Waals surface area contributed by atoms with Crippen LogP contribution in [0, 0.1) is 5.92 Å². The van der Waals surface area contributed by atoms with Crippen LogP contribution in [0.15, 0.2) is 18.2 Å². The highest BCUT2D eigenvalue weighted by Gasteiger charge is 2.57. The van der Waals surface area contributed by atoms with E-state index in [4.69, 9.17) is 10.5 Å². The Labute approximate surface area is 175 Å². The molecule has 0 saturated carbocycles. The Morgan fingerprint density at radius 2 is 2.07 bits per heavy atom. The first-order valence-electron chi connectivity index (χ1n) is 9.96. The molecular formula is C21H28N4O5. The van der Waals surface area contributed by atoms with Gasteiger partial charge in [-0.2, -0.15) is 0 Å². The fourth-order valence-corrected chi connectivity index (χ4v) is 4.42. The van der Waals surface area contributed by atoms with Crippen molar-refractivity contribution >= 4 is 29.4 Å². The first-order valence-corrected chi connectivity index (χ1v) is 9.96. The molecule has 0 aliphatic carbocycles. The van der Waals surface area contributed by atoms with Gasteiger partial charge in [-0.25, -0.2) is 4.79 Å². The van der Waals surface area contributed by atoms with Crippen molar-refractivity contribution in [3.05, 3.63) is 29.3 Å². The Morgan fingerprint density at radius 1 is 1.37 bits per heavy atom. The summed E-state index contributed by atoms with van der Waals surface area (Å²) < 4.78 is 4.78. The minimum atomic E-state index is -1.15. The van der Waals surface area contributed by atoms with Crippen LogP contribution in [0.4, 0.5) is 5.69 Å².